The van der Waals surface area contributed by atoms with E-state index in [4.69, 9.17) is 17.3 Å². The summed E-state index contributed by atoms with van der Waals surface area (Å²) < 4.78 is 28.1. The lowest BCUT2D eigenvalue weighted by atomic mass is 10.1. The maximum absolute atomic E-state index is 13.2. The fourth-order valence-electron chi connectivity index (χ4n) is 2.95. The van der Waals surface area contributed by atoms with Crippen molar-refractivity contribution in [2.75, 3.05) is 5.73 Å². The van der Waals surface area contributed by atoms with Crippen LogP contribution in [0.5, 0.6) is 0 Å². The number of hydrogen-bond donors (Lipinski definition) is 1. The van der Waals surface area contributed by atoms with Crippen LogP contribution in [0.15, 0.2) is 71.0 Å². The third kappa shape index (κ3) is 3.32. The molecule has 7 nitrogen and oxygen atoms in total. The van der Waals surface area contributed by atoms with Crippen LogP contribution in [0.4, 0.5) is 5.82 Å². The Kier molecular flexibility index (Phi) is 4.74. The van der Waals surface area contributed by atoms with E-state index in [1.165, 1.54) is 30.6 Å². The van der Waals surface area contributed by atoms with Crippen LogP contribution in [0.25, 0.3) is 11.2 Å². The molecule has 2 N–H and O–H groups in total. The smallest absolute Gasteiger partial charge is 0.240 e. The number of anilines is 1. The Balaban J connectivity index is 1.85. The minimum atomic E-state index is -3.90. The summed E-state index contributed by atoms with van der Waals surface area (Å²) in [7, 11) is -3.90. The number of nitrogens with zero attached hydrogens (tertiary/aromatic N) is 4. The maximum Gasteiger partial charge on any atom is 0.240 e. The Labute approximate surface area is 166 Å². The van der Waals surface area contributed by atoms with Gasteiger partial charge in [0.25, 0.3) is 0 Å². The first-order valence-electron chi connectivity index (χ1n) is 8.48. The molecule has 4 aromatic rings. The van der Waals surface area contributed by atoms with Gasteiger partial charge in [0.2, 0.25) is 15.0 Å². The molecule has 0 unspecified atom stereocenters. The summed E-state index contributed by atoms with van der Waals surface area (Å²) in [5.74, 6) is 0.135. The molecule has 0 aliphatic rings. The van der Waals surface area contributed by atoms with E-state index >= 15 is 0 Å². The second-order valence-electron chi connectivity index (χ2n) is 6.17. The predicted octanol–water partition coefficient (Wildman–Crippen LogP) is 3.14. The SMILES string of the molecule is Nc1ncnc2c1nc(S(=O)(=O)c1ccc(Cl)cc1)n2CCc1ccccc1. The molecule has 0 radical (unpaired) electrons. The van der Waals surface area contributed by atoms with Crippen LogP contribution in [-0.4, -0.2) is 27.9 Å². The molecule has 2 aromatic heterocycles. The van der Waals surface area contributed by atoms with Gasteiger partial charge in [-0.25, -0.2) is 23.4 Å². The van der Waals surface area contributed by atoms with Crippen LogP contribution in [0.3, 0.4) is 0 Å². The van der Waals surface area contributed by atoms with Crippen LogP contribution in [0.1, 0.15) is 5.56 Å². The Bertz CT molecular complexity index is 1240. The van der Waals surface area contributed by atoms with Gasteiger partial charge in [0, 0.05) is 11.6 Å². The Morgan fingerprint density at radius 2 is 1.71 bits per heavy atom. The number of aryl methyl sites for hydroxylation is 2. The molecule has 28 heavy (non-hydrogen) atoms. The molecule has 0 fully saturated rings. The highest BCUT2D eigenvalue weighted by atomic mass is 35.5. The van der Waals surface area contributed by atoms with E-state index in [0.29, 0.717) is 23.6 Å². The first kappa shape index (κ1) is 18.4. The first-order valence-corrected chi connectivity index (χ1v) is 10.3. The molecule has 2 heterocycles. The van der Waals surface area contributed by atoms with Gasteiger partial charge in [0.1, 0.15) is 6.33 Å². The van der Waals surface area contributed by atoms with E-state index in [1.54, 1.807) is 4.57 Å². The van der Waals surface area contributed by atoms with E-state index in [0.717, 1.165) is 5.56 Å². The summed E-state index contributed by atoms with van der Waals surface area (Å²) >= 11 is 5.89. The molecular weight excluding hydrogens is 398 g/mol. The first-order chi connectivity index (χ1) is 13.5. The number of halogens is 1. The normalized spacial score (nSPS) is 11.8. The van der Waals surface area contributed by atoms with Crippen LogP contribution in [0, 0.1) is 0 Å². The Hall–Kier alpha value is -2.97. The van der Waals surface area contributed by atoms with Crippen molar-refractivity contribution < 1.29 is 8.42 Å². The van der Waals surface area contributed by atoms with Gasteiger partial charge in [-0.15, -0.1) is 0 Å². The molecule has 0 atom stereocenters. The standard InChI is InChI=1S/C19H16ClN5O2S/c20-14-6-8-15(9-7-14)28(26,27)19-24-16-17(21)22-12-23-18(16)25(19)11-10-13-4-2-1-3-5-13/h1-9,12H,10-11H2,(H2,21,22,23). The van der Waals surface area contributed by atoms with Gasteiger partial charge in [0.15, 0.2) is 17.0 Å². The van der Waals surface area contributed by atoms with Crippen LogP contribution < -0.4 is 5.73 Å². The average Bonchev–Trinajstić information content (AvgIpc) is 3.08. The zero-order valence-electron chi connectivity index (χ0n) is 14.7. The topological polar surface area (TPSA) is 104 Å². The quantitative estimate of drug-likeness (QED) is 0.539. The van der Waals surface area contributed by atoms with Crippen LogP contribution in [-0.2, 0) is 22.8 Å². The van der Waals surface area contributed by atoms with Crippen molar-refractivity contribution in [3.05, 3.63) is 71.5 Å². The largest absolute Gasteiger partial charge is 0.382 e. The lowest BCUT2D eigenvalue weighted by Gasteiger charge is -2.09. The fourth-order valence-corrected chi connectivity index (χ4v) is 4.46. The molecule has 2 aromatic carbocycles. The zero-order valence-corrected chi connectivity index (χ0v) is 16.2. The highest BCUT2D eigenvalue weighted by Crippen LogP contribution is 2.27. The monoisotopic (exact) mass is 413 g/mol. The predicted molar refractivity (Wildman–Crippen MR) is 107 cm³/mol. The van der Waals surface area contributed by atoms with Gasteiger partial charge in [-0.05, 0) is 36.2 Å². The molecule has 0 saturated carbocycles. The van der Waals surface area contributed by atoms with Crippen molar-refractivity contribution in [3.8, 4) is 0 Å². The number of benzene rings is 2. The molecular formula is C19H16ClN5O2S. The van der Waals surface area contributed by atoms with Gasteiger partial charge >= 0.3 is 0 Å². The van der Waals surface area contributed by atoms with Crippen molar-refractivity contribution in [1.82, 2.24) is 19.5 Å². The summed E-state index contributed by atoms with van der Waals surface area (Å²) in [6.45, 7) is 0.374. The van der Waals surface area contributed by atoms with E-state index in [1.807, 2.05) is 30.3 Å². The number of imidazole rings is 1. The fraction of sp³-hybridized carbons (Fsp3) is 0.105. The van der Waals surface area contributed by atoms with Crippen molar-refractivity contribution in [2.24, 2.45) is 0 Å². The summed E-state index contributed by atoms with van der Waals surface area (Å²) in [6.07, 6.45) is 1.91. The van der Waals surface area contributed by atoms with Crippen molar-refractivity contribution in [1.29, 1.82) is 0 Å². The van der Waals surface area contributed by atoms with Crippen molar-refractivity contribution >= 4 is 38.4 Å². The molecule has 4 rings (SSSR count). The summed E-state index contributed by atoms with van der Waals surface area (Å²) in [5.41, 5.74) is 7.63. The number of fused-ring (bicyclic) bond motifs is 1. The molecule has 0 bridgehead atoms. The molecule has 9 heteroatoms. The summed E-state index contributed by atoms with van der Waals surface area (Å²) in [5, 5.41) is 0.333. The maximum atomic E-state index is 13.2. The molecule has 0 aliphatic carbocycles. The van der Waals surface area contributed by atoms with Gasteiger partial charge in [-0.2, -0.15) is 0 Å². The summed E-state index contributed by atoms with van der Waals surface area (Å²) in [4.78, 5) is 12.5. The molecule has 0 amide bonds. The molecule has 142 valence electrons. The molecule has 0 aliphatic heterocycles. The average molecular weight is 414 g/mol. The van der Waals surface area contributed by atoms with E-state index in [2.05, 4.69) is 15.0 Å². The van der Waals surface area contributed by atoms with Gasteiger partial charge < -0.3 is 5.73 Å². The second-order valence-corrected chi connectivity index (χ2v) is 8.45. The lowest BCUT2D eigenvalue weighted by molar-refractivity contribution is 0.564. The minimum Gasteiger partial charge on any atom is -0.382 e. The van der Waals surface area contributed by atoms with E-state index in [9.17, 15) is 8.42 Å². The number of nitrogen functional groups attached to an aromatic ring is 1. The van der Waals surface area contributed by atoms with Gasteiger partial charge in [0.05, 0.1) is 4.90 Å². The lowest BCUT2D eigenvalue weighted by Crippen LogP contribution is -2.13. The van der Waals surface area contributed by atoms with E-state index < -0.39 is 9.84 Å². The molecule has 0 saturated heterocycles. The molecule has 0 spiro atoms. The van der Waals surface area contributed by atoms with Crippen LogP contribution in [0.2, 0.25) is 5.02 Å². The van der Waals surface area contributed by atoms with Crippen molar-refractivity contribution in [2.45, 2.75) is 23.0 Å². The number of sulfone groups is 1. The van der Waals surface area contributed by atoms with Gasteiger partial charge in [-0.1, -0.05) is 41.9 Å². The highest BCUT2D eigenvalue weighted by Gasteiger charge is 2.27. The Morgan fingerprint density at radius 3 is 2.43 bits per heavy atom. The Morgan fingerprint density at radius 1 is 1.00 bits per heavy atom. The second kappa shape index (κ2) is 7.21. The number of rotatable bonds is 5. The third-order valence-electron chi connectivity index (χ3n) is 4.36. The highest BCUT2D eigenvalue weighted by molar-refractivity contribution is 7.91. The van der Waals surface area contributed by atoms with Gasteiger partial charge in [-0.3, -0.25) is 4.57 Å². The third-order valence-corrected chi connectivity index (χ3v) is 6.29. The van der Waals surface area contributed by atoms with E-state index in [-0.39, 0.29) is 21.4 Å². The number of hydrogen-bond acceptors (Lipinski definition) is 6. The number of nitrogens with two attached hydrogens (primary N) is 1. The van der Waals surface area contributed by atoms with Crippen LogP contribution >= 0.6 is 11.6 Å². The number of aromatic nitrogens is 4. The summed E-state index contributed by atoms with van der Waals surface area (Å²) in [6, 6.07) is 15.7. The zero-order chi connectivity index (χ0) is 19.7. The van der Waals surface area contributed by atoms with Crippen molar-refractivity contribution in [3.63, 3.8) is 0 Å². The minimum absolute atomic E-state index is 0.0969.